The van der Waals surface area contributed by atoms with Crippen LogP contribution in [0.25, 0.3) is 6.08 Å². The highest BCUT2D eigenvalue weighted by molar-refractivity contribution is 6.03. The molecule has 2 aromatic carbocycles. The average molecular weight is 354 g/mol. The predicted octanol–water partition coefficient (Wildman–Crippen LogP) is 3.73. The van der Waals surface area contributed by atoms with Crippen LogP contribution in [-0.4, -0.2) is 23.4 Å². The Morgan fingerprint density at radius 1 is 1.19 bits per heavy atom. The van der Waals surface area contributed by atoms with Gasteiger partial charge in [0.2, 0.25) is 5.91 Å². The highest BCUT2D eigenvalue weighted by Crippen LogP contribution is 2.20. The smallest absolute Gasteiger partial charge is 0.338 e. The molecule has 26 heavy (non-hydrogen) atoms. The number of nitrogens with zero attached hydrogens (tertiary/aromatic N) is 1. The topological polar surface area (TPSA) is 98.5 Å². The Balaban J connectivity index is 2.09. The summed E-state index contributed by atoms with van der Waals surface area (Å²) in [4.78, 5) is 34.1. The van der Waals surface area contributed by atoms with Gasteiger partial charge in [-0.1, -0.05) is 6.07 Å². The monoisotopic (exact) mass is 354 g/mol. The molecule has 0 spiro atoms. The maximum atomic E-state index is 12.1. The number of hydrogen-bond acceptors (Lipinski definition) is 5. The molecule has 7 nitrogen and oxygen atoms in total. The molecule has 7 heteroatoms. The van der Waals surface area contributed by atoms with Crippen LogP contribution in [0.3, 0.4) is 0 Å². The number of ether oxygens (including phenoxy) is 1. The van der Waals surface area contributed by atoms with Gasteiger partial charge >= 0.3 is 5.97 Å². The first-order chi connectivity index (χ1) is 12.4. The van der Waals surface area contributed by atoms with E-state index in [1.165, 1.54) is 18.2 Å². The molecule has 0 heterocycles. The minimum Gasteiger partial charge on any atom is -0.462 e. The minimum absolute atomic E-state index is 0.0157. The lowest BCUT2D eigenvalue weighted by Crippen LogP contribution is -2.12. The van der Waals surface area contributed by atoms with E-state index in [1.807, 2.05) is 0 Å². The largest absolute Gasteiger partial charge is 0.462 e. The summed E-state index contributed by atoms with van der Waals surface area (Å²) < 4.78 is 4.99. The van der Waals surface area contributed by atoms with E-state index in [-0.39, 0.29) is 18.2 Å². The normalized spacial score (nSPS) is 10.5. The third kappa shape index (κ3) is 4.76. The number of nitro groups is 1. The number of anilines is 1. The molecule has 0 unspecified atom stereocenters. The number of nitro benzene ring substituents is 1. The Hall–Kier alpha value is -3.48. The first kappa shape index (κ1) is 18.9. The zero-order valence-electron chi connectivity index (χ0n) is 14.4. The zero-order valence-corrected chi connectivity index (χ0v) is 14.4. The Kier molecular flexibility index (Phi) is 6.21. The van der Waals surface area contributed by atoms with Crippen molar-refractivity contribution in [2.45, 2.75) is 13.8 Å². The summed E-state index contributed by atoms with van der Waals surface area (Å²) in [5, 5.41) is 13.3. The van der Waals surface area contributed by atoms with Gasteiger partial charge in [-0.05, 0) is 55.3 Å². The van der Waals surface area contributed by atoms with Crippen LogP contribution in [0.4, 0.5) is 11.4 Å². The summed E-state index contributed by atoms with van der Waals surface area (Å²) in [7, 11) is 0. The Labute approximate surface area is 150 Å². The van der Waals surface area contributed by atoms with Crippen molar-refractivity contribution in [3.8, 4) is 0 Å². The van der Waals surface area contributed by atoms with Crippen LogP contribution in [0.5, 0.6) is 0 Å². The molecule has 0 saturated carbocycles. The van der Waals surface area contributed by atoms with E-state index in [1.54, 1.807) is 50.3 Å². The molecule has 1 amide bonds. The number of nitrogens with one attached hydrogen (secondary N) is 1. The third-order valence-electron chi connectivity index (χ3n) is 3.62. The molecule has 0 aromatic heterocycles. The van der Waals surface area contributed by atoms with Crippen molar-refractivity contribution in [2.24, 2.45) is 0 Å². The van der Waals surface area contributed by atoms with Crippen molar-refractivity contribution >= 4 is 29.3 Å². The second-order valence-electron chi connectivity index (χ2n) is 5.37. The molecule has 0 aliphatic rings. The van der Waals surface area contributed by atoms with Crippen LogP contribution in [0.1, 0.15) is 28.4 Å². The predicted molar refractivity (Wildman–Crippen MR) is 97.9 cm³/mol. The van der Waals surface area contributed by atoms with Gasteiger partial charge in [0.05, 0.1) is 17.1 Å². The summed E-state index contributed by atoms with van der Waals surface area (Å²) in [6.07, 6.45) is 2.86. The maximum absolute atomic E-state index is 12.1. The SMILES string of the molecule is CCOC(=O)c1cccc(NC(=O)/C=C/c2ccc([N+](=O)[O-])cc2)c1C. The molecule has 2 rings (SSSR count). The summed E-state index contributed by atoms with van der Waals surface area (Å²) >= 11 is 0. The second-order valence-corrected chi connectivity index (χ2v) is 5.37. The van der Waals surface area contributed by atoms with Crippen LogP contribution in [0, 0.1) is 17.0 Å². The summed E-state index contributed by atoms with van der Waals surface area (Å²) in [5.41, 5.74) is 2.15. The summed E-state index contributed by atoms with van der Waals surface area (Å²) in [5.74, 6) is -0.824. The third-order valence-corrected chi connectivity index (χ3v) is 3.62. The van der Waals surface area contributed by atoms with Crippen molar-refractivity contribution in [2.75, 3.05) is 11.9 Å². The Bertz CT molecular complexity index is 857. The molecule has 0 radical (unpaired) electrons. The lowest BCUT2D eigenvalue weighted by molar-refractivity contribution is -0.384. The molecule has 2 aromatic rings. The number of non-ortho nitro benzene ring substituents is 1. The van der Waals surface area contributed by atoms with Gasteiger partial charge < -0.3 is 10.1 Å². The van der Waals surface area contributed by atoms with Gasteiger partial charge in [0.1, 0.15) is 0 Å². The van der Waals surface area contributed by atoms with Crippen molar-refractivity contribution in [3.05, 3.63) is 75.3 Å². The van der Waals surface area contributed by atoms with E-state index in [9.17, 15) is 19.7 Å². The van der Waals surface area contributed by atoms with Crippen LogP contribution < -0.4 is 5.32 Å². The molecule has 0 atom stereocenters. The van der Waals surface area contributed by atoms with E-state index in [4.69, 9.17) is 4.74 Å². The van der Waals surface area contributed by atoms with E-state index < -0.39 is 10.9 Å². The standard InChI is InChI=1S/C19H18N2O5/c1-3-26-19(23)16-5-4-6-17(13(16)2)20-18(22)12-9-14-7-10-15(11-8-14)21(24)25/h4-12H,3H2,1-2H3,(H,20,22)/b12-9+. The molecule has 0 bridgehead atoms. The number of hydrogen-bond donors (Lipinski definition) is 1. The fourth-order valence-corrected chi connectivity index (χ4v) is 2.25. The average Bonchev–Trinajstić information content (AvgIpc) is 2.62. The highest BCUT2D eigenvalue weighted by atomic mass is 16.6. The van der Waals surface area contributed by atoms with Gasteiger partial charge in [-0.25, -0.2) is 4.79 Å². The molecule has 0 aliphatic carbocycles. The summed E-state index contributed by atoms with van der Waals surface area (Å²) in [6, 6.07) is 10.8. The molecular formula is C19H18N2O5. The molecule has 0 saturated heterocycles. The maximum Gasteiger partial charge on any atom is 0.338 e. The van der Waals surface area contributed by atoms with Crippen LogP contribution in [0.2, 0.25) is 0 Å². The van der Waals surface area contributed by atoms with Crippen molar-refractivity contribution in [3.63, 3.8) is 0 Å². The number of benzene rings is 2. The van der Waals surface area contributed by atoms with E-state index in [0.717, 1.165) is 0 Å². The fraction of sp³-hybridized carbons (Fsp3) is 0.158. The molecule has 134 valence electrons. The number of carbonyl (C=O) groups is 2. The Morgan fingerprint density at radius 2 is 1.88 bits per heavy atom. The first-order valence-corrected chi connectivity index (χ1v) is 7.92. The van der Waals surface area contributed by atoms with E-state index in [0.29, 0.717) is 22.4 Å². The van der Waals surface area contributed by atoms with Gasteiger partial charge in [-0.15, -0.1) is 0 Å². The van der Waals surface area contributed by atoms with Crippen molar-refractivity contribution in [1.29, 1.82) is 0 Å². The molecule has 0 aliphatic heterocycles. The quantitative estimate of drug-likeness (QED) is 0.369. The van der Waals surface area contributed by atoms with Crippen LogP contribution >= 0.6 is 0 Å². The Morgan fingerprint density at radius 3 is 2.50 bits per heavy atom. The fourth-order valence-electron chi connectivity index (χ4n) is 2.25. The first-order valence-electron chi connectivity index (χ1n) is 7.92. The highest BCUT2D eigenvalue weighted by Gasteiger charge is 2.13. The molecule has 0 fully saturated rings. The van der Waals surface area contributed by atoms with Gasteiger partial charge in [0, 0.05) is 23.9 Å². The lowest BCUT2D eigenvalue weighted by Gasteiger charge is -2.10. The second kappa shape index (κ2) is 8.57. The number of carbonyl (C=O) groups excluding carboxylic acids is 2. The van der Waals surface area contributed by atoms with Gasteiger partial charge in [0.15, 0.2) is 0 Å². The lowest BCUT2D eigenvalue weighted by atomic mass is 10.1. The van der Waals surface area contributed by atoms with Crippen molar-refractivity contribution in [1.82, 2.24) is 0 Å². The van der Waals surface area contributed by atoms with E-state index in [2.05, 4.69) is 5.32 Å². The van der Waals surface area contributed by atoms with E-state index >= 15 is 0 Å². The van der Waals surface area contributed by atoms with Gasteiger partial charge in [-0.3, -0.25) is 14.9 Å². The minimum atomic E-state index is -0.487. The van der Waals surface area contributed by atoms with Crippen LogP contribution in [-0.2, 0) is 9.53 Å². The summed E-state index contributed by atoms with van der Waals surface area (Å²) in [6.45, 7) is 3.72. The zero-order chi connectivity index (χ0) is 19.1. The van der Waals surface area contributed by atoms with Gasteiger partial charge in [0.25, 0.3) is 5.69 Å². The van der Waals surface area contributed by atoms with Gasteiger partial charge in [-0.2, -0.15) is 0 Å². The molecular weight excluding hydrogens is 336 g/mol. The van der Waals surface area contributed by atoms with Crippen LogP contribution in [0.15, 0.2) is 48.5 Å². The van der Waals surface area contributed by atoms with Crippen molar-refractivity contribution < 1.29 is 19.2 Å². The molecule has 1 N–H and O–H groups in total. The number of esters is 1. The number of amides is 1. The number of rotatable bonds is 6.